The molecule has 2 N–H and O–H groups in total. The van der Waals surface area contributed by atoms with Crippen LogP contribution in [0.2, 0.25) is 0 Å². The zero-order valence-corrected chi connectivity index (χ0v) is 19.6. The van der Waals surface area contributed by atoms with Crippen LogP contribution in [0, 0.1) is 17.7 Å². The molecule has 5 rings (SSSR count). The number of anilines is 1. The third kappa shape index (κ3) is 4.92. The second-order valence-electron chi connectivity index (χ2n) is 9.97. The molecule has 36 heavy (non-hydrogen) atoms. The number of nitrogen functional groups attached to an aromatic ring is 1. The number of fused-ring (bicyclic) bond motifs is 1. The second-order valence-corrected chi connectivity index (χ2v) is 9.97. The Morgan fingerprint density at radius 3 is 2.36 bits per heavy atom. The number of aromatic nitrogens is 2. The maximum atomic E-state index is 13.5. The summed E-state index contributed by atoms with van der Waals surface area (Å²) in [5.41, 5.74) is 7.64. The molecule has 1 amide bonds. The van der Waals surface area contributed by atoms with Gasteiger partial charge in [-0.25, -0.2) is 14.2 Å². The normalized spacial score (nSPS) is 23.2. The van der Waals surface area contributed by atoms with Crippen molar-refractivity contribution in [2.45, 2.75) is 69.8 Å². The van der Waals surface area contributed by atoms with Gasteiger partial charge >= 0.3 is 12.3 Å². The zero-order valence-electron chi connectivity index (χ0n) is 19.6. The Labute approximate surface area is 205 Å². The summed E-state index contributed by atoms with van der Waals surface area (Å²) in [6, 6.07) is 5.69. The lowest BCUT2D eigenvalue weighted by Gasteiger charge is -2.33. The standard InChI is InChI=1S/C25H28F4N4O3/c26-17-7-3-15(4-8-17)21(14-1-2-14)33-22(34)19-11-12-32(13-20(19)31-23(33)30)24(35)36-18-9-5-16(6-10-18)25(27,28)29/h3-4,7-8,14,16,18,21H,1-2,5-6,9-13H2,(H2,30,31)/t16-,18-,21?. The van der Waals surface area contributed by atoms with Gasteiger partial charge in [-0.05, 0) is 68.6 Å². The molecule has 0 saturated heterocycles. The second kappa shape index (κ2) is 9.40. The highest BCUT2D eigenvalue weighted by Gasteiger charge is 2.42. The van der Waals surface area contributed by atoms with Crippen LogP contribution in [0.4, 0.5) is 28.3 Å². The molecule has 2 aliphatic carbocycles. The van der Waals surface area contributed by atoms with Crippen molar-refractivity contribution in [3.8, 4) is 0 Å². The van der Waals surface area contributed by atoms with Crippen LogP contribution in [0.15, 0.2) is 29.1 Å². The summed E-state index contributed by atoms with van der Waals surface area (Å²) in [4.78, 5) is 32.1. The Morgan fingerprint density at radius 1 is 1.08 bits per heavy atom. The fourth-order valence-corrected chi connectivity index (χ4v) is 5.37. The summed E-state index contributed by atoms with van der Waals surface area (Å²) in [5.74, 6) is -1.48. The van der Waals surface area contributed by atoms with Crippen LogP contribution in [0.25, 0.3) is 0 Å². The van der Waals surface area contributed by atoms with Crippen LogP contribution in [0.1, 0.15) is 61.4 Å². The van der Waals surface area contributed by atoms with Crippen molar-refractivity contribution in [2.24, 2.45) is 11.8 Å². The van der Waals surface area contributed by atoms with Gasteiger partial charge in [-0.3, -0.25) is 9.36 Å². The molecule has 3 aliphatic rings. The highest BCUT2D eigenvalue weighted by molar-refractivity contribution is 5.68. The van der Waals surface area contributed by atoms with Gasteiger partial charge in [0.15, 0.2) is 0 Å². The fraction of sp³-hybridized carbons (Fsp3) is 0.560. The molecule has 0 radical (unpaired) electrons. The van der Waals surface area contributed by atoms with Gasteiger partial charge in [-0.15, -0.1) is 0 Å². The molecule has 1 aromatic carbocycles. The smallest absolute Gasteiger partial charge is 0.410 e. The molecule has 1 aromatic heterocycles. The number of hydrogen-bond donors (Lipinski definition) is 1. The lowest BCUT2D eigenvalue weighted by Crippen LogP contribution is -2.43. The number of carbonyl (C=O) groups excluding carboxylic acids is 1. The zero-order chi connectivity index (χ0) is 25.6. The van der Waals surface area contributed by atoms with Crippen LogP contribution in [-0.2, 0) is 17.7 Å². The van der Waals surface area contributed by atoms with Crippen molar-refractivity contribution >= 4 is 12.0 Å². The van der Waals surface area contributed by atoms with E-state index in [0.717, 1.165) is 18.4 Å². The monoisotopic (exact) mass is 508 g/mol. The molecule has 0 bridgehead atoms. The van der Waals surface area contributed by atoms with Crippen LogP contribution in [-0.4, -0.2) is 39.4 Å². The van der Waals surface area contributed by atoms with Gasteiger partial charge in [-0.1, -0.05) is 12.1 Å². The first-order chi connectivity index (χ1) is 17.1. The Balaban J connectivity index is 1.30. The number of ether oxygens (including phenoxy) is 1. The van der Waals surface area contributed by atoms with Crippen molar-refractivity contribution in [2.75, 3.05) is 12.3 Å². The van der Waals surface area contributed by atoms with E-state index in [0.29, 0.717) is 11.3 Å². The SMILES string of the molecule is Nc1nc2c(c(=O)n1C(c1ccc(F)cc1)C1CC1)CCN(C(=O)O[C@H]1CC[C@H](C(F)(F)F)CC1)C2. The van der Waals surface area contributed by atoms with E-state index >= 15 is 0 Å². The number of rotatable bonds is 4. The van der Waals surface area contributed by atoms with Crippen LogP contribution in [0.5, 0.6) is 0 Å². The highest BCUT2D eigenvalue weighted by Crippen LogP contribution is 2.44. The molecular formula is C25H28F4N4O3. The lowest BCUT2D eigenvalue weighted by atomic mass is 9.87. The van der Waals surface area contributed by atoms with E-state index in [1.165, 1.54) is 21.6 Å². The number of benzene rings is 1. The number of alkyl halides is 3. The summed E-state index contributed by atoms with van der Waals surface area (Å²) in [5, 5.41) is 0. The van der Waals surface area contributed by atoms with Crippen molar-refractivity contribution in [1.82, 2.24) is 14.5 Å². The van der Waals surface area contributed by atoms with Crippen LogP contribution < -0.4 is 11.3 Å². The van der Waals surface area contributed by atoms with Gasteiger partial charge in [0.25, 0.3) is 5.56 Å². The first kappa shape index (κ1) is 24.6. The molecule has 7 nitrogen and oxygen atoms in total. The van der Waals surface area contributed by atoms with Gasteiger partial charge in [0.1, 0.15) is 11.9 Å². The van der Waals surface area contributed by atoms with Gasteiger partial charge in [-0.2, -0.15) is 13.2 Å². The van der Waals surface area contributed by atoms with Crippen molar-refractivity contribution in [3.63, 3.8) is 0 Å². The quantitative estimate of drug-likeness (QED) is 0.611. The van der Waals surface area contributed by atoms with E-state index in [1.807, 2.05) is 0 Å². The largest absolute Gasteiger partial charge is 0.446 e. The Bertz CT molecular complexity index is 1190. The predicted molar refractivity (Wildman–Crippen MR) is 123 cm³/mol. The summed E-state index contributed by atoms with van der Waals surface area (Å²) in [6.45, 7) is 0.270. The fourth-order valence-electron chi connectivity index (χ4n) is 5.37. The summed E-state index contributed by atoms with van der Waals surface area (Å²) >= 11 is 0. The molecule has 1 atom stereocenters. The molecular weight excluding hydrogens is 480 g/mol. The van der Waals surface area contributed by atoms with E-state index < -0.39 is 24.3 Å². The van der Waals surface area contributed by atoms with Gasteiger partial charge in [0.2, 0.25) is 5.95 Å². The first-order valence-corrected chi connectivity index (χ1v) is 12.3. The van der Waals surface area contributed by atoms with E-state index in [4.69, 9.17) is 10.5 Å². The van der Waals surface area contributed by atoms with Gasteiger partial charge in [0.05, 0.1) is 24.2 Å². The average molecular weight is 509 g/mol. The summed E-state index contributed by atoms with van der Waals surface area (Å²) in [7, 11) is 0. The highest BCUT2D eigenvalue weighted by atomic mass is 19.4. The Hall–Kier alpha value is -3.11. The average Bonchev–Trinajstić information content (AvgIpc) is 3.67. The minimum absolute atomic E-state index is 0.0284. The number of nitrogens with zero attached hydrogens (tertiary/aromatic N) is 3. The summed E-state index contributed by atoms with van der Waals surface area (Å²) in [6.07, 6.45) is -3.07. The Kier molecular flexibility index (Phi) is 6.42. The van der Waals surface area contributed by atoms with E-state index in [-0.39, 0.29) is 74.5 Å². The number of halogens is 4. The third-order valence-electron chi connectivity index (χ3n) is 7.52. The maximum Gasteiger partial charge on any atom is 0.410 e. The molecule has 194 valence electrons. The van der Waals surface area contributed by atoms with Crippen molar-refractivity contribution in [1.29, 1.82) is 0 Å². The van der Waals surface area contributed by atoms with E-state index in [2.05, 4.69) is 4.98 Å². The topological polar surface area (TPSA) is 90.5 Å². The number of amides is 1. The number of nitrogens with two attached hydrogens (primary N) is 1. The lowest BCUT2D eigenvalue weighted by molar-refractivity contribution is -0.186. The minimum Gasteiger partial charge on any atom is -0.446 e. The predicted octanol–water partition coefficient (Wildman–Crippen LogP) is 4.58. The van der Waals surface area contributed by atoms with E-state index in [9.17, 15) is 27.2 Å². The molecule has 2 fully saturated rings. The van der Waals surface area contributed by atoms with Crippen molar-refractivity contribution < 1.29 is 27.1 Å². The third-order valence-corrected chi connectivity index (χ3v) is 7.52. The molecule has 2 heterocycles. The first-order valence-electron chi connectivity index (χ1n) is 12.3. The molecule has 1 unspecified atom stereocenters. The van der Waals surface area contributed by atoms with Crippen LogP contribution >= 0.6 is 0 Å². The van der Waals surface area contributed by atoms with E-state index in [1.54, 1.807) is 12.1 Å². The van der Waals surface area contributed by atoms with Crippen molar-refractivity contribution in [3.05, 3.63) is 57.3 Å². The maximum absolute atomic E-state index is 13.5. The van der Waals surface area contributed by atoms with Gasteiger partial charge < -0.3 is 15.4 Å². The molecule has 1 aliphatic heterocycles. The minimum atomic E-state index is -4.22. The Morgan fingerprint density at radius 2 is 1.75 bits per heavy atom. The molecule has 2 aromatic rings. The molecule has 0 spiro atoms. The number of carbonyl (C=O) groups is 1. The van der Waals surface area contributed by atoms with Gasteiger partial charge in [0, 0.05) is 12.1 Å². The summed E-state index contributed by atoms with van der Waals surface area (Å²) < 4.78 is 59.1. The number of hydrogen-bond acceptors (Lipinski definition) is 5. The molecule has 2 saturated carbocycles. The van der Waals surface area contributed by atoms with Crippen LogP contribution in [0.3, 0.4) is 0 Å². The molecule has 11 heteroatoms.